The molecule has 0 aromatic rings. The SMILES string of the molecule is OCCC1(CCO)CCCC(CCO)(CCO)C1O. The maximum Gasteiger partial charge on any atom is 0.0655 e. The van der Waals surface area contributed by atoms with Crippen LogP contribution in [0.1, 0.15) is 44.9 Å². The molecule has 0 atom stereocenters. The van der Waals surface area contributed by atoms with Crippen LogP contribution in [-0.2, 0) is 0 Å². The summed E-state index contributed by atoms with van der Waals surface area (Å²) < 4.78 is 0. The minimum atomic E-state index is -0.702. The Hall–Kier alpha value is -0.200. The fourth-order valence-corrected chi connectivity index (χ4v) is 3.90. The summed E-state index contributed by atoms with van der Waals surface area (Å²) in [4.78, 5) is 0. The third-order valence-electron chi connectivity index (χ3n) is 4.95. The van der Waals surface area contributed by atoms with Crippen molar-refractivity contribution < 1.29 is 25.5 Å². The van der Waals surface area contributed by atoms with Crippen LogP contribution in [-0.4, -0.2) is 58.1 Å². The van der Waals surface area contributed by atoms with Gasteiger partial charge in [-0.05, 0) is 38.5 Å². The van der Waals surface area contributed by atoms with E-state index in [0.717, 1.165) is 19.3 Å². The Labute approximate surface area is 114 Å². The highest BCUT2D eigenvalue weighted by molar-refractivity contribution is 5.01. The van der Waals surface area contributed by atoms with Gasteiger partial charge in [0, 0.05) is 37.3 Å². The van der Waals surface area contributed by atoms with Gasteiger partial charge in [0.2, 0.25) is 0 Å². The molecule has 1 saturated carbocycles. The summed E-state index contributed by atoms with van der Waals surface area (Å²) in [5, 5.41) is 47.9. The molecular formula is C14H28O5. The van der Waals surface area contributed by atoms with Crippen molar-refractivity contribution >= 4 is 0 Å². The Morgan fingerprint density at radius 2 is 1.00 bits per heavy atom. The van der Waals surface area contributed by atoms with Gasteiger partial charge in [0.1, 0.15) is 0 Å². The molecule has 5 nitrogen and oxygen atoms in total. The minimum Gasteiger partial charge on any atom is -0.396 e. The Balaban J connectivity index is 3.00. The van der Waals surface area contributed by atoms with Crippen LogP contribution in [0.4, 0.5) is 0 Å². The lowest BCUT2D eigenvalue weighted by Gasteiger charge is -2.52. The second kappa shape index (κ2) is 7.55. The highest BCUT2D eigenvalue weighted by Gasteiger charge is 2.51. The first-order valence-corrected chi connectivity index (χ1v) is 7.22. The van der Waals surface area contributed by atoms with Gasteiger partial charge in [-0.1, -0.05) is 6.42 Å². The van der Waals surface area contributed by atoms with E-state index in [9.17, 15) is 25.5 Å². The van der Waals surface area contributed by atoms with Crippen LogP contribution in [0, 0.1) is 10.8 Å². The van der Waals surface area contributed by atoms with Crippen molar-refractivity contribution in [2.45, 2.75) is 51.0 Å². The second-order valence-electron chi connectivity index (χ2n) is 5.88. The molecule has 1 aliphatic carbocycles. The van der Waals surface area contributed by atoms with Crippen LogP contribution >= 0.6 is 0 Å². The molecule has 0 aliphatic heterocycles. The average molecular weight is 276 g/mol. The maximum absolute atomic E-state index is 10.8. The summed E-state index contributed by atoms with van der Waals surface area (Å²) in [7, 11) is 0. The fourth-order valence-electron chi connectivity index (χ4n) is 3.90. The van der Waals surface area contributed by atoms with Gasteiger partial charge in [0.15, 0.2) is 0 Å². The van der Waals surface area contributed by atoms with Gasteiger partial charge in [-0.15, -0.1) is 0 Å². The third-order valence-corrected chi connectivity index (χ3v) is 4.95. The van der Waals surface area contributed by atoms with Crippen LogP contribution in [0.15, 0.2) is 0 Å². The molecule has 0 amide bonds. The molecule has 0 spiro atoms. The second-order valence-corrected chi connectivity index (χ2v) is 5.88. The highest BCUT2D eigenvalue weighted by atomic mass is 16.3. The zero-order chi connectivity index (χ0) is 14.4. The summed E-state index contributed by atoms with van der Waals surface area (Å²) >= 11 is 0. The lowest BCUT2D eigenvalue weighted by atomic mass is 9.55. The minimum absolute atomic E-state index is 0.0224. The molecule has 0 radical (unpaired) electrons. The summed E-state index contributed by atoms with van der Waals surface area (Å²) in [5.41, 5.74) is -0.988. The quantitative estimate of drug-likeness (QED) is 0.431. The van der Waals surface area contributed by atoms with Crippen molar-refractivity contribution in [2.75, 3.05) is 26.4 Å². The van der Waals surface area contributed by atoms with E-state index >= 15 is 0 Å². The van der Waals surface area contributed by atoms with Crippen molar-refractivity contribution in [3.63, 3.8) is 0 Å². The summed E-state index contributed by atoms with van der Waals surface area (Å²) in [6.07, 6.45) is 3.53. The lowest BCUT2D eigenvalue weighted by molar-refractivity contribution is -0.138. The summed E-state index contributed by atoms with van der Waals surface area (Å²) in [5.74, 6) is 0. The first-order chi connectivity index (χ1) is 9.10. The maximum atomic E-state index is 10.8. The van der Waals surface area contributed by atoms with E-state index < -0.39 is 16.9 Å². The van der Waals surface area contributed by atoms with Gasteiger partial charge in [0.05, 0.1) is 6.10 Å². The van der Waals surface area contributed by atoms with Crippen LogP contribution in [0.5, 0.6) is 0 Å². The van der Waals surface area contributed by atoms with Crippen molar-refractivity contribution in [1.29, 1.82) is 0 Å². The topological polar surface area (TPSA) is 101 Å². The zero-order valence-corrected chi connectivity index (χ0v) is 11.6. The third kappa shape index (κ3) is 3.47. The van der Waals surface area contributed by atoms with Crippen molar-refractivity contribution in [3.05, 3.63) is 0 Å². The number of aliphatic hydroxyl groups excluding tert-OH is 5. The molecule has 0 bridgehead atoms. The lowest BCUT2D eigenvalue weighted by Crippen LogP contribution is -2.52. The molecule has 0 unspecified atom stereocenters. The van der Waals surface area contributed by atoms with Crippen LogP contribution in [0.2, 0.25) is 0 Å². The molecule has 19 heavy (non-hydrogen) atoms. The Bertz CT molecular complexity index is 209. The molecule has 0 aromatic heterocycles. The van der Waals surface area contributed by atoms with E-state index in [-0.39, 0.29) is 26.4 Å². The van der Waals surface area contributed by atoms with Gasteiger partial charge in [0.25, 0.3) is 0 Å². The Morgan fingerprint density at radius 3 is 1.26 bits per heavy atom. The largest absolute Gasteiger partial charge is 0.396 e. The van der Waals surface area contributed by atoms with Gasteiger partial charge in [-0.25, -0.2) is 0 Å². The van der Waals surface area contributed by atoms with Crippen molar-refractivity contribution in [3.8, 4) is 0 Å². The predicted octanol–water partition coefficient (Wildman–Crippen LogP) is 0.0336. The molecule has 0 heterocycles. The van der Waals surface area contributed by atoms with E-state index in [1.165, 1.54) is 0 Å². The molecule has 1 aliphatic rings. The van der Waals surface area contributed by atoms with E-state index in [1.54, 1.807) is 0 Å². The van der Waals surface area contributed by atoms with Crippen LogP contribution < -0.4 is 0 Å². The van der Waals surface area contributed by atoms with E-state index in [1.807, 2.05) is 0 Å². The van der Waals surface area contributed by atoms with E-state index in [4.69, 9.17) is 0 Å². The number of hydrogen-bond acceptors (Lipinski definition) is 5. The zero-order valence-electron chi connectivity index (χ0n) is 11.6. The normalized spacial score (nSPS) is 22.6. The van der Waals surface area contributed by atoms with Gasteiger partial charge < -0.3 is 25.5 Å². The monoisotopic (exact) mass is 276 g/mol. The van der Waals surface area contributed by atoms with Gasteiger partial charge in [-0.3, -0.25) is 0 Å². The number of hydrogen-bond donors (Lipinski definition) is 5. The molecular weight excluding hydrogens is 248 g/mol. The molecule has 5 N–H and O–H groups in total. The highest BCUT2D eigenvalue weighted by Crippen LogP contribution is 2.53. The predicted molar refractivity (Wildman–Crippen MR) is 71.5 cm³/mol. The summed E-state index contributed by atoms with van der Waals surface area (Å²) in [6, 6.07) is 0. The smallest absolute Gasteiger partial charge is 0.0655 e. The number of rotatable bonds is 8. The fraction of sp³-hybridized carbons (Fsp3) is 1.00. The van der Waals surface area contributed by atoms with Crippen molar-refractivity contribution in [1.82, 2.24) is 0 Å². The summed E-state index contributed by atoms with van der Waals surface area (Å²) in [6.45, 7) is -0.0897. The molecule has 0 aromatic carbocycles. The average Bonchev–Trinajstić information content (AvgIpc) is 2.37. The molecule has 1 fully saturated rings. The Kier molecular flexibility index (Phi) is 6.69. The standard InChI is InChI=1S/C14H28O5/c15-8-4-13(5-9-16)2-1-3-14(6-10-17,7-11-18)12(13)19/h12,15-19H,1-11H2. The molecule has 0 saturated heterocycles. The molecule has 114 valence electrons. The van der Waals surface area contributed by atoms with Crippen LogP contribution in [0.3, 0.4) is 0 Å². The first-order valence-electron chi connectivity index (χ1n) is 7.22. The molecule has 1 rings (SSSR count). The van der Waals surface area contributed by atoms with Crippen LogP contribution in [0.25, 0.3) is 0 Å². The van der Waals surface area contributed by atoms with Crippen molar-refractivity contribution in [2.24, 2.45) is 10.8 Å². The molecule has 5 heteroatoms. The Morgan fingerprint density at radius 1 is 0.684 bits per heavy atom. The number of aliphatic hydroxyl groups is 5. The van der Waals surface area contributed by atoms with E-state index in [2.05, 4.69) is 0 Å². The van der Waals surface area contributed by atoms with Gasteiger partial charge in [-0.2, -0.15) is 0 Å². The van der Waals surface area contributed by atoms with E-state index in [0.29, 0.717) is 25.7 Å². The first kappa shape index (κ1) is 16.9. The van der Waals surface area contributed by atoms with Gasteiger partial charge >= 0.3 is 0 Å².